The van der Waals surface area contributed by atoms with Crippen molar-refractivity contribution in [3.05, 3.63) is 29.8 Å². The standard InChI is InChI=1S/C18H24O6/c1-5-23-17(20)16(18(21)24-6-2)14(11-12(3)19)13-9-7-8-10-15(13)22-4/h7-10,14,16H,5-6,11H2,1-4H3/t14-/m1/s1. The summed E-state index contributed by atoms with van der Waals surface area (Å²) in [7, 11) is 1.49. The minimum atomic E-state index is -1.22. The molecule has 1 aromatic carbocycles. The van der Waals surface area contributed by atoms with Crippen molar-refractivity contribution in [3.63, 3.8) is 0 Å². The maximum Gasteiger partial charge on any atom is 0.320 e. The quantitative estimate of drug-likeness (QED) is 0.509. The summed E-state index contributed by atoms with van der Waals surface area (Å²) < 4.78 is 15.4. The summed E-state index contributed by atoms with van der Waals surface area (Å²) >= 11 is 0. The molecule has 0 amide bonds. The van der Waals surface area contributed by atoms with Gasteiger partial charge in [0.05, 0.1) is 20.3 Å². The molecule has 0 saturated carbocycles. The normalized spacial score (nSPS) is 11.7. The topological polar surface area (TPSA) is 78.9 Å². The Balaban J connectivity index is 3.37. The van der Waals surface area contributed by atoms with Crippen LogP contribution >= 0.6 is 0 Å². The Hall–Kier alpha value is -2.37. The van der Waals surface area contributed by atoms with E-state index in [1.807, 2.05) is 0 Å². The molecule has 0 aliphatic heterocycles. The first-order valence-electron chi connectivity index (χ1n) is 7.91. The highest BCUT2D eigenvalue weighted by molar-refractivity contribution is 5.97. The zero-order chi connectivity index (χ0) is 18.1. The summed E-state index contributed by atoms with van der Waals surface area (Å²) in [5.41, 5.74) is 0.598. The lowest BCUT2D eigenvalue weighted by Crippen LogP contribution is -2.34. The number of carbonyl (C=O) groups is 3. The minimum absolute atomic E-state index is 0.00265. The molecule has 1 aromatic rings. The Morgan fingerprint density at radius 3 is 2.00 bits per heavy atom. The number of para-hydroxylation sites is 1. The molecule has 0 bridgehead atoms. The lowest BCUT2D eigenvalue weighted by Gasteiger charge is -2.25. The zero-order valence-electron chi connectivity index (χ0n) is 14.5. The summed E-state index contributed by atoms with van der Waals surface area (Å²) in [6.45, 7) is 4.99. The molecule has 0 unspecified atom stereocenters. The smallest absolute Gasteiger partial charge is 0.320 e. The van der Waals surface area contributed by atoms with Gasteiger partial charge in [-0.2, -0.15) is 0 Å². The van der Waals surface area contributed by atoms with E-state index < -0.39 is 23.8 Å². The minimum Gasteiger partial charge on any atom is -0.496 e. The fourth-order valence-corrected chi connectivity index (χ4v) is 2.58. The van der Waals surface area contributed by atoms with Gasteiger partial charge in [0.1, 0.15) is 11.5 Å². The maximum absolute atomic E-state index is 12.4. The predicted octanol–water partition coefficient (Wildman–Crippen LogP) is 2.50. The van der Waals surface area contributed by atoms with Crippen molar-refractivity contribution >= 4 is 17.7 Å². The predicted molar refractivity (Wildman–Crippen MR) is 87.8 cm³/mol. The number of hydrogen-bond acceptors (Lipinski definition) is 6. The Bertz CT molecular complexity index is 563. The largest absolute Gasteiger partial charge is 0.496 e. The SMILES string of the molecule is CCOC(=O)C(C(=O)OCC)[C@H](CC(C)=O)c1ccccc1OC. The van der Waals surface area contributed by atoms with Crippen LogP contribution < -0.4 is 4.74 Å². The van der Waals surface area contributed by atoms with Crippen molar-refractivity contribution in [3.8, 4) is 5.75 Å². The Labute approximate surface area is 142 Å². The first kappa shape index (κ1) is 19.7. The van der Waals surface area contributed by atoms with E-state index in [9.17, 15) is 14.4 Å². The summed E-state index contributed by atoms with van der Waals surface area (Å²) in [4.78, 5) is 36.5. The van der Waals surface area contributed by atoms with E-state index in [0.717, 1.165) is 0 Å². The van der Waals surface area contributed by atoms with Gasteiger partial charge in [0.15, 0.2) is 5.92 Å². The summed E-state index contributed by atoms with van der Waals surface area (Å²) in [6, 6.07) is 6.99. The number of benzene rings is 1. The highest BCUT2D eigenvalue weighted by atomic mass is 16.6. The molecule has 6 heteroatoms. The number of hydrogen-bond donors (Lipinski definition) is 0. The monoisotopic (exact) mass is 336 g/mol. The number of esters is 2. The molecular formula is C18H24O6. The van der Waals surface area contributed by atoms with Gasteiger partial charge >= 0.3 is 11.9 Å². The molecule has 6 nitrogen and oxygen atoms in total. The van der Waals surface area contributed by atoms with Crippen LogP contribution in [0.1, 0.15) is 38.7 Å². The van der Waals surface area contributed by atoms with Crippen molar-refractivity contribution in [2.24, 2.45) is 5.92 Å². The number of carbonyl (C=O) groups excluding carboxylic acids is 3. The molecule has 0 aromatic heterocycles. The summed E-state index contributed by atoms with van der Waals surface area (Å²) in [5.74, 6) is -2.98. The van der Waals surface area contributed by atoms with Crippen LogP contribution in [0.4, 0.5) is 0 Å². The van der Waals surface area contributed by atoms with Crippen molar-refractivity contribution in [1.82, 2.24) is 0 Å². The van der Waals surface area contributed by atoms with E-state index in [4.69, 9.17) is 14.2 Å². The third-order valence-electron chi connectivity index (χ3n) is 3.53. The molecule has 1 rings (SSSR count). The highest BCUT2D eigenvalue weighted by Crippen LogP contribution is 2.36. The van der Waals surface area contributed by atoms with Gasteiger partial charge in [-0.3, -0.25) is 9.59 Å². The van der Waals surface area contributed by atoms with Gasteiger partial charge in [0, 0.05) is 12.3 Å². The van der Waals surface area contributed by atoms with Crippen LogP contribution in [0.3, 0.4) is 0 Å². The Kier molecular flexibility index (Phi) is 7.95. The van der Waals surface area contributed by atoms with E-state index in [2.05, 4.69) is 0 Å². The van der Waals surface area contributed by atoms with Gasteiger partial charge in [0.25, 0.3) is 0 Å². The van der Waals surface area contributed by atoms with Crippen molar-refractivity contribution < 1.29 is 28.6 Å². The fourth-order valence-electron chi connectivity index (χ4n) is 2.58. The molecule has 0 aliphatic carbocycles. The van der Waals surface area contributed by atoms with Crippen LogP contribution in [0.5, 0.6) is 5.75 Å². The average molecular weight is 336 g/mol. The van der Waals surface area contributed by atoms with E-state index in [1.165, 1.54) is 14.0 Å². The Morgan fingerprint density at radius 1 is 1.00 bits per heavy atom. The first-order chi connectivity index (χ1) is 11.5. The highest BCUT2D eigenvalue weighted by Gasteiger charge is 2.40. The van der Waals surface area contributed by atoms with Crippen LogP contribution in [-0.2, 0) is 23.9 Å². The number of rotatable bonds is 9. The number of methoxy groups -OCH3 is 1. The van der Waals surface area contributed by atoms with E-state index in [0.29, 0.717) is 11.3 Å². The van der Waals surface area contributed by atoms with Crippen LogP contribution in [0.25, 0.3) is 0 Å². The zero-order valence-corrected chi connectivity index (χ0v) is 14.5. The molecule has 132 valence electrons. The Morgan fingerprint density at radius 2 is 1.54 bits per heavy atom. The average Bonchev–Trinajstić information content (AvgIpc) is 2.54. The second kappa shape index (κ2) is 9.70. The second-order valence-electron chi connectivity index (χ2n) is 5.24. The van der Waals surface area contributed by atoms with Crippen molar-refractivity contribution in [1.29, 1.82) is 0 Å². The molecule has 0 aliphatic rings. The second-order valence-corrected chi connectivity index (χ2v) is 5.24. The van der Waals surface area contributed by atoms with Crippen LogP contribution in [-0.4, -0.2) is 38.0 Å². The number of ether oxygens (including phenoxy) is 3. The lowest BCUT2D eigenvalue weighted by atomic mass is 9.82. The van der Waals surface area contributed by atoms with Gasteiger partial charge in [-0.15, -0.1) is 0 Å². The number of ketones is 1. The molecule has 0 heterocycles. The third-order valence-corrected chi connectivity index (χ3v) is 3.53. The van der Waals surface area contributed by atoms with E-state index in [-0.39, 0.29) is 25.4 Å². The van der Waals surface area contributed by atoms with Crippen molar-refractivity contribution in [2.45, 2.75) is 33.1 Å². The fraction of sp³-hybridized carbons (Fsp3) is 0.500. The molecule has 0 spiro atoms. The van der Waals surface area contributed by atoms with Crippen LogP contribution in [0, 0.1) is 5.92 Å². The molecular weight excluding hydrogens is 312 g/mol. The number of Topliss-reactive ketones (excluding diaryl/α,β-unsaturated/α-hetero) is 1. The first-order valence-corrected chi connectivity index (χ1v) is 7.91. The van der Waals surface area contributed by atoms with Gasteiger partial charge < -0.3 is 19.0 Å². The molecule has 24 heavy (non-hydrogen) atoms. The van der Waals surface area contributed by atoms with Crippen LogP contribution in [0.2, 0.25) is 0 Å². The maximum atomic E-state index is 12.4. The van der Waals surface area contributed by atoms with Crippen LogP contribution in [0.15, 0.2) is 24.3 Å². The lowest BCUT2D eigenvalue weighted by molar-refractivity contribution is -0.162. The molecule has 0 fully saturated rings. The third kappa shape index (κ3) is 5.08. The molecule has 0 saturated heterocycles. The van der Waals surface area contributed by atoms with E-state index >= 15 is 0 Å². The van der Waals surface area contributed by atoms with Gasteiger partial charge in [0.2, 0.25) is 0 Å². The van der Waals surface area contributed by atoms with Gasteiger partial charge in [-0.05, 0) is 32.4 Å². The molecule has 0 radical (unpaired) electrons. The summed E-state index contributed by atoms with van der Waals surface area (Å²) in [5, 5.41) is 0. The summed E-state index contributed by atoms with van der Waals surface area (Å²) in [6.07, 6.45) is 0.00265. The molecule has 1 atom stereocenters. The van der Waals surface area contributed by atoms with Crippen molar-refractivity contribution in [2.75, 3.05) is 20.3 Å². The molecule has 0 N–H and O–H groups in total. The van der Waals surface area contributed by atoms with Gasteiger partial charge in [-0.1, -0.05) is 18.2 Å². The van der Waals surface area contributed by atoms with E-state index in [1.54, 1.807) is 38.1 Å². The van der Waals surface area contributed by atoms with Gasteiger partial charge in [-0.25, -0.2) is 0 Å².